The molecule has 38 heavy (non-hydrogen) atoms. The molecule has 1 aromatic carbocycles. The van der Waals surface area contributed by atoms with Gasteiger partial charge in [-0.2, -0.15) is 9.61 Å². The third-order valence-corrected chi connectivity index (χ3v) is 5.92. The molecule has 1 N–H and O–H groups in total. The number of aromatic nitrogens is 3. The molecule has 0 fully saturated rings. The molecule has 0 unspecified atom stereocenters. The number of fused-ring (bicyclic) bond motifs is 1. The zero-order chi connectivity index (χ0) is 27.7. The zero-order valence-corrected chi connectivity index (χ0v) is 23.6. The van der Waals surface area contributed by atoms with Gasteiger partial charge in [0, 0.05) is 29.2 Å². The first-order valence-electron chi connectivity index (χ1n) is 13.0. The number of rotatable bonds is 12. The van der Waals surface area contributed by atoms with E-state index >= 15 is 0 Å². The van der Waals surface area contributed by atoms with Gasteiger partial charge in [-0.05, 0) is 65.2 Å². The Morgan fingerprint density at radius 2 is 1.79 bits per heavy atom. The van der Waals surface area contributed by atoms with Gasteiger partial charge in [-0.3, -0.25) is 0 Å². The number of nitrogens with zero attached hydrogens (tertiary/aromatic N) is 3. The number of hydrogen-bond donors (Lipinski definition) is 1. The first-order chi connectivity index (χ1) is 18.1. The Kier molecular flexibility index (Phi) is 10.4. The van der Waals surface area contributed by atoms with Crippen molar-refractivity contribution in [3.05, 3.63) is 57.9 Å². The first kappa shape index (κ1) is 29.2. The van der Waals surface area contributed by atoms with E-state index in [9.17, 15) is 9.59 Å². The monoisotopic (exact) mass is 544 g/mol. The molecule has 9 nitrogen and oxygen atoms in total. The predicted molar refractivity (Wildman–Crippen MR) is 146 cm³/mol. The van der Waals surface area contributed by atoms with Crippen LogP contribution < -0.4 is 10.1 Å². The Morgan fingerprint density at radius 1 is 1.08 bits per heavy atom. The lowest BCUT2D eigenvalue weighted by molar-refractivity contribution is 0.0517. The van der Waals surface area contributed by atoms with Gasteiger partial charge in [-0.25, -0.2) is 14.6 Å². The lowest BCUT2D eigenvalue weighted by Crippen LogP contribution is -2.32. The number of aryl methyl sites for hydroxylation is 1. The molecule has 2 aromatic heterocycles. The van der Waals surface area contributed by atoms with Crippen LogP contribution in [0.5, 0.6) is 5.88 Å². The Hall–Kier alpha value is -3.33. The first-order valence-corrected chi connectivity index (χ1v) is 13.3. The molecule has 0 aliphatic heterocycles. The van der Waals surface area contributed by atoms with Crippen molar-refractivity contribution >= 4 is 29.3 Å². The van der Waals surface area contributed by atoms with E-state index in [4.69, 9.17) is 25.8 Å². The second kappa shape index (κ2) is 13.5. The number of ether oxygens (including phenoxy) is 3. The van der Waals surface area contributed by atoms with Gasteiger partial charge in [0.15, 0.2) is 5.65 Å². The minimum atomic E-state index is -0.504. The topological polar surface area (TPSA) is 104 Å². The molecule has 0 saturated heterocycles. The Balaban J connectivity index is 1.66. The summed E-state index contributed by atoms with van der Waals surface area (Å²) in [5, 5.41) is 7.86. The van der Waals surface area contributed by atoms with Gasteiger partial charge in [0.2, 0.25) is 5.88 Å². The highest BCUT2D eigenvalue weighted by atomic mass is 35.5. The van der Waals surface area contributed by atoms with Gasteiger partial charge < -0.3 is 19.5 Å². The van der Waals surface area contributed by atoms with Crippen LogP contribution >= 0.6 is 11.6 Å². The number of benzene rings is 1. The minimum absolute atomic E-state index is 0.264. The van der Waals surface area contributed by atoms with Crippen molar-refractivity contribution in [3.63, 3.8) is 0 Å². The number of halogens is 1. The van der Waals surface area contributed by atoms with Gasteiger partial charge in [-0.15, -0.1) is 0 Å². The van der Waals surface area contributed by atoms with Crippen molar-refractivity contribution in [3.8, 4) is 5.88 Å². The number of esters is 1. The van der Waals surface area contributed by atoms with E-state index in [0.717, 1.165) is 42.5 Å². The third-order valence-electron chi connectivity index (χ3n) is 5.67. The average Bonchev–Trinajstić information content (AvgIpc) is 3.26. The molecular weight excluding hydrogens is 508 g/mol. The van der Waals surface area contributed by atoms with Crippen LogP contribution in [0.1, 0.15) is 80.6 Å². The summed E-state index contributed by atoms with van der Waals surface area (Å²) in [5.41, 5.74) is 2.90. The summed E-state index contributed by atoms with van der Waals surface area (Å²) in [6.45, 7) is 10.5. The fourth-order valence-corrected chi connectivity index (χ4v) is 4.00. The third kappa shape index (κ3) is 8.34. The maximum Gasteiger partial charge on any atom is 0.407 e. The number of unbranched alkanes of at least 4 members (excludes halogenated alkanes) is 3. The molecule has 3 rings (SSSR count). The molecule has 0 atom stereocenters. The van der Waals surface area contributed by atoms with Gasteiger partial charge in [0.05, 0.1) is 19.4 Å². The highest BCUT2D eigenvalue weighted by Gasteiger charge is 2.22. The standard InChI is InChI=1S/C28H37ClN4O5/c1-6-36-26(34)23-18-31-33-24(23)32-19(2)22(17-20-11-13-21(29)14-12-20)25(33)37-16-10-8-7-9-15-30-27(35)38-28(3,4)5/h11-14,18H,6-10,15-17H2,1-5H3,(H,30,35). The van der Waals surface area contributed by atoms with Crippen LogP contribution in [0.25, 0.3) is 5.65 Å². The summed E-state index contributed by atoms with van der Waals surface area (Å²) in [6.07, 6.45) is 5.19. The van der Waals surface area contributed by atoms with Crippen LogP contribution in [0.2, 0.25) is 5.02 Å². The number of alkyl carbamates (subject to hydrolysis) is 1. The molecule has 10 heteroatoms. The van der Waals surface area contributed by atoms with Crippen molar-refractivity contribution in [1.82, 2.24) is 19.9 Å². The van der Waals surface area contributed by atoms with E-state index in [1.807, 2.05) is 52.0 Å². The highest BCUT2D eigenvalue weighted by Crippen LogP contribution is 2.28. The Morgan fingerprint density at radius 3 is 2.47 bits per heavy atom. The van der Waals surface area contributed by atoms with Gasteiger partial charge >= 0.3 is 12.1 Å². The summed E-state index contributed by atoms with van der Waals surface area (Å²) >= 11 is 6.06. The molecule has 0 aliphatic carbocycles. The van der Waals surface area contributed by atoms with Crippen LogP contribution in [0.3, 0.4) is 0 Å². The van der Waals surface area contributed by atoms with Crippen LogP contribution in [0.4, 0.5) is 4.79 Å². The van der Waals surface area contributed by atoms with Crippen molar-refractivity contribution < 1.29 is 23.8 Å². The molecule has 3 aromatic rings. The van der Waals surface area contributed by atoms with Gasteiger partial charge in [0.1, 0.15) is 11.2 Å². The minimum Gasteiger partial charge on any atom is -0.477 e. The van der Waals surface area contributed by atoms with E-state index in [1.165, 1.54) is 6.20 Å². The van der Waals surface area contributed by atoms with Crippen molar-refractivity contribution in [2.45, 2.75) is 72.3 Å². The quantitative estimate of drug-likeness (QED) is 0.223. The SMILES string of the molecule is CCOC(=O)c1cnn2c(OCCCCCCNC(=O)OC(C)(C)C)c(Cc3ccc(Cl)cc3)c(C)nc12. The number of carbonyl (C=O) groups is 2. The van der Waals surface area contributed by atoms with Crippen molar-refractivity contribution in [2.75, 3.05) is 19.8 Å². The molecule has 0 radical (unpaired) electrons. The normalized spacial score (nSPS) is 11.4. The van der Waals surface area contributed by atoms with Crippen LogP contribution in [-0.4, -0.2) is 52.0 Å². The fourth-order valence-electron chi connectivity index (χ4n) is 3.87. The molecule has 0 saturated carbocycles. The summed E-state index contributed by atoms with van der Waals surface area (Å²) in [6, 6.07) is 7.63. The number of carbonyl (C=O) groups excluding carboxylic acids is 2. The Bertz CT molecular complexity index is 1230. The lowest BCUT2D eigenvalue weighted by Gasteiger charge is -2.19. The molecular formula is C28H37ClN4O5. The number of hydrogen-bond acceptors (Lipinski definition) is 7. The number of nitrogens with one attached hydrogen (secondary N) is 1. The second-order valence-corrected chi connectivity index (χ2v) is 10.4. The molecule has 0 bridgehead atoms. The largest absolute Gasteiger partial charge is 0.477 e. The van der Waals surface area contributed by atoms with E-state index in [1.54, 1.807) is 11.4 Å². The molecule has 1 amide bonds. The smallest absolute Gasteiger partial charge is 0.407 e. The van der Waals surface area contributed by atoms with Crippen molar-refractivity contribution in [1.29, 1.82) is 0 Å². The zero-order valence-electron chi connectivity index (χ0n) is 22.8. The maximum absolute atomic E-state index is 12.4. The fraction of sp³-hybridized carbons (Fsp3) is 0.500. The van der Waals surface area contributed by atoms with E-state index in [2.05, 4.69) is 15.4 Å². The highest BCUT2D eigenvalue weighted by molar-refractivity contribution is 6.30. The van der Waals surface area contributed by atoms with Crippen LogP contribution in [0.15, 0.2) is 30.5 Å². The number of amides is 1. The summed E-state index contributed by atoms with van der Waals surface area (Å²) in [5.74, 6) is 0.0929. The summed E-state index contributed by atoms with van der Waals surface area (Å²) in [7, 11) is 0. The molecule has 206 valence electrons. The van der Waals surface area contributed by atoms with Crippen LogP contribution in [-0.2, 0) is 15.9 Å². The molecule has 0 spiro atoms. The summed E-state index contributed by atoms with van der Waals surface area (Å²) < 4.78 is 18.3. The summed E-state index contributed by atoms with van der Waals surface area (Å²) in [4.78, 5) is 28.9. The molecule has 2 heterocycles. The van der Waals surface area contributed by atoms with Crippen LogP contribution in [0, 0.1) is 6.92 Å². The Labute approximate surface area is 228 Å². The van der Waals surface area contributed by atoms with E-state index < -0.39 is 17.7 Å². The van der Waals surface area contributed by atoms with Gasteiger partial charge in [-0.1, -0.05) is 36.6 Å². The maximum atomic E-state index is 12.4. The predicted octanol–water partition coefficient (Wildman–Crippen LogP) is 5.92. The second-order valence-electron chi connectivity index (χ2n) is 9.99. The lowest BCUT2D eigenvalue weighted by atomic mass is 10.0. The van der Waals surface area contributed by atoms with E-state index in [0.29, 0.717) is 41.7 Å². The van der Waals surface area contributed by atoms with Crippen molar-refractivity contribution in [2.24, 2.45) is 0 Å². The van der Waals surface area contributed by atoms with Gasteiger partial charge in [0.25, 0.3) is 0 Å². The molecule has 0 aliphatic rings. The van der Waals surface area contributed by atoms with E-state index in [-0.39, 0.29) is 6.61 Å². The average molecular weight is 545 g/mol.